The molecule has 0 saturated heterocycles. The Morgan fingerprint density at radius 1 is 1.45 bits per heavy atom. The number of halogens is 1. The highest BCUT2D eigenvalue weighted by Crippen LogP contribution is 2.28. The highest BCUT2D eigenvalue weighted by molar-refractivity contribution is 7.18. The van der Waals surface area contributed by atoms with Crippen molar-refractivity contribution in [2.24, 2.45) is 0 Å². The Labute approximate surface area is 137 Å². The Bertz CT molecular complexity index is 633. The van der Waals surface area contributed by atoms with Crippen molar-refractivity contribution in [2.45, 2.75) is 25.5 Å². The number of thiazole rings is 1. The number of aliphatic hydroxyl groups is 1. The van der Waals surface area contributed by atoms with Crippen LogP contribution in [0.1, 0.15) is 22.2 Å². The number of aliphatic hydroxyl groups excluding tert-OH is 1. The van der Waals surface area contributed by atoms with Gasteiger partial charge < -0.3 is 15.2 Å². The first kappa shape index (κ1) is 16.7. The molecule has 0 aliphatic rings. The summed E-state index contributed by atoms with van der Waals surface area (Å²) in [5.74, 6) is -0.520. The van der Waals surface area contributed by atoms with E-state index in [-0.39, 0.29) is 16.1 Å². The molecule has 2 aromatic rings. The van der Waals surface area contributed by atoms with Crippen LogP contribution in [0.25, 0.3) is 0 Å². The summed E-state index contributed by atoms with van der Waals surface area (Å²) in [5, 5.41) is 13.9. The van der Waals surface area contributed by atoms with Crippen LogP contribution in [0.2, 0.25) is 5.15 Å². The van der Waals surface area contributed by atoms with Gasteiger partial charge in [0, 0.05) is 6.42 Å². The maximum Gasteiger partial charge on any atom is 0.351 e. The number of nitrogens with one attached hydrogen (secondary N) is 1. The molecule has 2 unspecified atom stereocenters. The number of aromatic nitrogens is 1. The number of benzene rings is 1. The molecular formula is C15H17ClN2O3S. The Hall–Kier alpha value is -1.63. The van der Waals surface area contributed by atoms with Crippen molar-refractivity contribution < 1.29 is 14.6 Å². The predicted octanol–water partition coefficient (Wildman–Crippen LogP) is 2.99. The minimum absolute atomic E-state index is 0.101. The highest BCUT2D eigenvalue weighted by atomic mass is 35.5. The quantitative estimate of drug-likeness (QED) is 0.791. The van der Waals surface area contributed by atoms with Gasteiger partial charge in [-0.05, 0) is 12.5 Å². The fourth-order valence-corrected chi connectivity index (χ4v) is 3.10. The topological polar surface area (TPSA) is 71.5 Å². The van der Waals surface area contributed by atoms with E-state index in [2.05, 4.69) is 15.0 Å². The normalized spacial score (nSPS) is 13.5. The van der Waals surface area contributed by atoms with Gasteiger partial charge in [-0.2, -0.15) is 0 Å². The van der Waals surface area contributed by atoms with Gasteiger partial charge in [0.1, 0.15) is 0 Å². The van der Waals surface area contributed by atoms with Crippen LogP contribution in [0.4, 0.5) is 5.13 Å². The van der Waals surface area contributed by atoms with Crippen molar-refractivity contribution in [1.29, 1.82) is 0 Å². The van der Waals surface area contributed by atoms with E-state index < -0.39 is 12.1 Å². The first-order valence-corrected chi connectivity index (χ1v) is 7.94. The molecule has 0 saturated carbocycles. The molecule has 22 heavy (non-hydrogen) atoms. The van der Waals surface area contributed by atoms with Crippen LogP contribution in [0.3, 0.4) is 0 Å². The standard InChI is InChI=1S/C15H17ClN2O3S/c1-9(11(19)8-10-6-4-3-5-7-10)17-15-18-13(16)12(22-15)14(20)21-2/h3-7,9,11,19H,8H2,1-2H3,(H,17,18). The lowest BCUT2D eigenvalue weighted by molar-refractivity contribution is 0.0606. The summed E-state index contributed by atoms with van der Waals surface area (Å²) in [6, 6.07) is 9.49. The van der Waals surface area contributed by atoms with Gasteiger partial charge in [0.05, 0.1) is 19.3 Å². The van der Waals surface area contributed by atoms with Gasteiger partial charge in [-0.15, -0.1) is 0 Å². The lowest BCUT2D eigenvalue weighted by Gasteiger charge is -2.19. The van der Waals surface area contributed by atoms with Gasteiger partial charge >= 0.3 is 5.97 Å². The first-order valence-electron chi connectivity index (χ1n) is 6.74. The first-order chi connectivity index (χ1) is 10.5. The Balaban J connectivity index is 1.99. The average Bonchev–Trinajstić information content (AvgIpc) is 2.88. The zero-order valence-electron chi connectivity index (χ0n) is 12.2. The average molecular weight is 341 g/mol. The summed E-state index contributed by atoms with van der Waals surface area (Å²) in [6.45, 7) is 1.85. The minimum Gasteiger partial charge on any atom is -0.465 e. The van der Waals surface area contributed by atoms with Crippen molar-refractivity contribution in [3.05, 3.63) is 45.9 Å². The Morgan fingerprint density at radius 2 is 2.14 bits per heavy atom. The lowest BCUT2D eigenvalue weighted by Crippen LogP contribution is -2.32. The molecule has 2 N–H and O–H groups in total. The zero-order valence-corrected chi connectivity index (χ0v) is 13.8. The van der Waals surface area contributed by atoms with Crippen LogP contribution in [-0.2, 0) is 11.2 Å². The van der Waals surface area contributed by atoms with Gasteiger partial charge in [-0.1, -0.05) is 53.3 Å². The summed E-state index contributed by atoms with van der Waals surface area (Å²) in [5.41, 5.74) is 1.05. The molecule has 0 fully saturated rings. The molecule has 1 heterocycles. The molecule has 1 aromatic heterocycles. The maximum atomic E-state index is 11.5. The van der Waals surface area contributed by atoms with Crippen molar-refractivity contribution in [3.8, 4) is 0 Å². The third-order valence-electron chi connectivity index (χ3n) is 3.17. The van der Waals surface area contributed by atoms with Gasteiger partial charge in [0.15, 0.2) is 15.2 Å². The molecule has 1 aromatic carbocycles. The number of hydrogen-bond donors (Lipinski definition) is 2. The van der Waals surface area contributed by atoms with Crippen LogP contribution >= 0.6 is 22.9 Å². The second kappa shape index (κ2) is 7.58. The molecule has 5 nitrogen and oxygen atoms in total. The fourth-order valence-electron chi connectivity index (χ4n) is 1.91. The van der Waals surface area contributed by atoms with E-state index in [4.69, 9.17) is 11.6 Å². The number of hydrogen-bond acceptors (Lipinski definition) is 6. The SMILES string of the molecule is COC(=O)c1sc(NC(C)C(O)Cc2ccccc2)nc1Cl. The number of nitrogens with zero attached hydrogens (tertiary/aromatic N) is 1. The van der Waals surface area contributed by atoms with E-state index in [9.17, 15) is 9.90 Å². The number of carbonyl (C=O) groups is 1. The van der Waals surface area contributed by atoms with Crippen LogP contribution in [0, 0.1) is 0 Å². The van der Waals surface area contributed by atoms with Crippen LogP contribution in [-0.4, -0.2) is 35.3 Å². The largest absolute Gasteiger partial charge is 0.465 e. The highest BCUT2D eigenvalue weighted by Gasteiger charge is 2.20. The fraction of sp³-hybridized carbons (Fsp3) is 0.333. The molecule has 0 bridgehead atoms. The van der Waals surface area contributed by atoms with Crippen molar-refractivity contribution >= 4 is 34.0 Å². The molecule has 0 spiro atoms. The van der Waals surface area contributed by atoms with Crippen molar-refractivity contribution in [3.63, 3.8) is 0 Å². The van der Waals surface area contributed by atoms with Crippen LogP contribution in [0.5, 0.6) is 0 Å². The summed E-state index contributed by atoms with van der Waals surface area (Å²) in [6.07, 6.45) is -0.0653. The van der Waals surface area contributed by atoms with Crippen molar-refractivity contribution in [2.75, 3.05) is 12.4 Å². The van der Waals surface area contributed by atoms with E-state index in [0.29, 0.717) is 11.6 Å². The molecule has 0 aliphatic heterocycles. The van der Waals surface area contributed by atoms with Crippen molar-refractivity contribution in [1.82, 2.24) is 4.98 Å². The van der Waals surface area contributed by atoms with Crippen LogP contribution < -0.4 is 5.32 Å². The molecule has 0 amide bonds. The molecule has 0 radical (unpaired) electrons. The van der Waals surface area contributed by atoms with Gasteiger partial charge in [-0.25, -0.2) is 9.78 Å². The number of methoxy groups -OCH3 is 1. The number of rotatable bonds is 6. The van der Waals surface area contributed by atoms with Gasteiger partial charge in [-0.3, -0.25) is 0 Å². The van der Waals surface area contributed by atoms with E-state index in [0.717, 1.165) is 16.9 Å². The summed E-state index contributed by atoms with van der Waals surface area (Å²) in [4.78, 5) is 15.8. The smallest absolute Gasteiger partial charge is 0.351 e. The maximum absolute atomic E-state index is 11.5. The molecule has 2 atom stereocenters. The van der Waals surface area contributed by atoms with E-state index in [1.54, 1.807) is 0 Å². The monoisotopic (exact) mass is 340 g/mol. The summed E-state index contributed by atoms with van der Waals surface area (Å²) >= 11 is 7.01. The lowest BCUT2D eigenvalue weighted by atomic mass is 10.0. The number of anilines is 1. The van der Waals surface area contributed by atoms with Gasteiger partial charge in [0.25, 0.3) is 0 Å². The second-order valence-electron chi connectivity index (χ2n) is 4.82. The number of ether oxygens (including phenoxy) is 1. The second-order valence-corrected chi connectivity index (χ2v) is 6.18. The third kappa shape index (κ3) is 4.19. The van der Waals surface area contributed by atoms with Gasteiger partial charge in [0.2, 0.25) is 0 Å². The van der Waals surface area contributed by atoms with Crippen LogP contribution in [0.15, 0.2) is 30.3 Å². The van der Waals surface area contributed by atoms with E-state index >= 15 is 0 Å². The third-order valence-corrected chi connectivity index (χ3v) is 4.52. The molecule has 0 aliphatic carbocycles. The molecule has 7 heteroatoms. The molecule has 2 rings (SSSR count). The summed E-state index contributed by atoms with van der Waals surface area (Å²) < 4.78 is 4.63. The Kier molecular flexibility index (Phi) is 5.76. The molecule has 118 valence electrons. The van der Waals surface area contributed by atoms with E-state index in [1.807, 2.05) is 37.3 Å². The van der Waals surface area contributed by atoms with E-state index in [1.165, 1.54) is 7.11 Å². The molecular weight excluding hydrogens is 324 g/mol. The number of carbonyl (C=O) groups excluding carboxylic acids is 1. The zero-order chi connectivity index (χ0) is 16.1. The minimum atomic E-state index is -0.591. The summed E-state index contributed by atoms with van der Waals surface area (Å²) in [7, 11) is 1.29. The predicted molar refractivity (Wildman–Crippen MR) is 87.7 cm³/mol. The number of esters is 1. The Morgan fingerprint density at radius 3 is 2.77 bits per heavy atom.